The van der Waals surface area contributed by atoms with Crippen LogP contribution in [0.2, 0.25) is 0 Å². The molecule has 0 atom stereocenters. The van der Waals surface area contributed by atoms with Crippen molar-refractivity contribution in [3.05, 3.63) is 39.6 Å². The molecular weight excluding hydrogens is 343 g/mol. The van der Waals surface area contributed by atoms with Crippen LogP contribution < -0.4 is 5.73 Å². The fourth-order valence-corrected chi connectivity index (χ4v) is 2.35. The van der Waals surface area contributed by atoms with Crippen LogP contribution in [0.1, 0.15) is 18.5 Å². The van der Waals surface area contributed by atoms with Crippen LogP contribution in [0.15, 0.2) is 30.3 Å². The number of halogens is 1. The van der Waals surface area contributed by atoms with Crippen LogP contribution in [0, 0.1) is 3.57 Å². The maximum Gasteiger partial charge on any atom is 0.236 e. The number of hydrogen-bond donors (Lipinski definition) is 2. The van der Waals surface area contributed by atoms with Crippen LogP contribution >= 0.6 is 22.6 Å². The molecule has 2 aromatic heterocycles. The Labute approximate surface area is 117 Å². The third kappa shape index (κ3) is 1.86. The summed E-state index contributed by atoms with van der Waals surface area (Å²) in [5.74, 6) is 1.39. The first-order valence-electron chi connectivity index (χ1n) is 5.55. The van der Waals surface area contributed by atoms with E-state index < -0.39 is 0 Å². The summed E-state index contributed by atoms with van der Waals surface area (Å²) < 4.78 is 2.69. The topological polar surface area (TPSA) is 76.4 Å². The lowest BCUT2D eigenvalue weighted by Crippen LogP contribution is -1.97. The summed E-state index contributed by atoms with van der Waals surface area (Å²) in [6.07, 6.45) is 9.18. The molecular formula is C12H11IN4O. The fraction of sp³-hybridized carbons (Fsp3) is 0.167. The molecule has 0 unspecified atom stereocenters. The molecule has 5 nitrogen and oxygen atoms in total. The average Bonchev–Trinajstić information content (AvgIpc) is 2.73. The molecule has 0 spiro atoms. The first-order chi connectivity index (χ1) is 8.65. The van der Waals surface area contributed by atoms with E-state index >= 15 is 0 Å². The normalized spacial score (nSPS) is 15.6. The highest BCUT2D eigenvalue weighted by atomic mass is 127. The second kappa shape index (κ2) is 4.27. The molecule has 2 heterocycles. The largest absolute Gasteiger partial charge is 0.512 e. The minimum atomic E-state index is 0.378. The van der Waals surface area contributed by atoms with Gasteiger partial charge >= 0.3 is 0 Å². The highest BCUT2D eigenvalue weighted by molar-refractivity contribution is 14.1. The molecule has 3 rings (SSSR count). The zero-order chi connectivity index (χ0) is 12.7. The number of hydrogen-bond acceptors (Lipinski definition) is 4. The fourth-order valence-electron chi connectivity index (χ4n) is 1.93. The van der Waals surface area contributed by atoms with Gasteiger partial charge in [-0.05, 0) is 29.0 Å². The Balaban J connectivity index is 2.17. The average molecular weight is 354 g/mol. The molecule has 6 heteroatoms. The molecule has 92 valence electrons. The van der Waals surface area contributed by atoms with E-state index in [2.05, 4.69) is 32.6 Å². The van der Waals surface area contributed by atoms with Crippen molar-refractivity contribution < 1.29 is 5.11 Å². The van der Waals surface area contributed by atoms with E-state index in [9.17, 15) is 5.11 Å². The summed E-state index contributed by atoms with van der Waals surface area (Å²) in [7, 11) is 0. The Bertz CT molecular complexity index is 648. The number of allylic oxidation sites excluding steroid dienone is 4. The number of nitrogens with zero attached hydrogens (tertiary/aromatic N) is 3. The van der Waals surface area contributed by atoms with Gasteiger partial charge in [0.25, 0.3) is 0 Å². The molecule has 0 fully saturated rings. The first-order valence-corrected chi connectivity index (χ1v) is 6.63. The van der Waals surface area contributed by atoms with Crippen molar-refractivity contribution in [2.75, 3.05) is 5.73 Å². The summed E-state index contributed by atoms with van der Waals surface area (Å²) in [5.41, 5.74) is 7.24. The van der Waals surface area contributed by atoms with Crippen molar-refractivity contribution in [3.8, 4) is 0 Å². The van der Waals surface area contributed by atoms with Crippen molar-refractivity contribution in [3.63, 3.8) is 0 Å². The van der Waals surface area contributed by atoms with Gasteiger partial charge in [-0.15, -0.1) is 0 Å². The van der Waals surface area contributed by atoms with Gasteiger partial charge in [-0.2, -0.15) is 4.98 Å². The van der Waals surface area contributed by atoms with Gasteiger partial charge in [-0.1, -0.05) is 12.2 Å². The summed E-state index contributed by atoms with van der Waals surface area (Å²) in [6, 6.07) is 0. The van der Waals surface area contributed by atoms with Crippen LogP contribution in [0.4, 0.5) is 5.82 Å². The minimum Gasteiger partial charge on any atom is -0.512 e. The Hall–Kier alpha value is -1.57. The molecule has 0 radical (unpaired) electrons. The molecule has 18 heavy (non-hydrogen) atoms. The molecule has 0 bridgehead atoms. The van der Waals surface area contributed by atoms with Gasteiger partial charge in [0.2, 0.25) is 5.78 Å². The van der Waals surface area contributed by atoms with E-state index in [-0.39, 0.29) is 0 Å². The van der Waals surface area contributed by atoms with Gasteiger partial charge in [0.05, 0.1) is 9.26 Å². The Morgan fingerprint density at radius 1 is 1.33 bits per heavy atom. The van der Waals surface area contributed by atoms with Crippen LogP contribution in [-0.4, -0.2) is 19.5 Å². The number of fused-ring (bicyclic) bond motifs is 1. The molecule has 1 aliphatic rings. The van der Waals surface area contributed by atoms with Crippen molar-refractivity contribution in [1.82, 2.24) is 14.4 Å². The van der Waals surface area contributed by atoms with Crippen LogP contribution in [-0.2, 0) is 0 Å². The predicted molar refractivity (Wildman–Crippen MR) is 78.0 cm³/mol. The van der Waals surface area contributed by atoms with Gasteiger partial charge in [-0.3, -0.25) is 4.40 Å². The van der Waals surface area contributed by atoms with Gasteiger partial charge < -0.3 is 10.8 Å². The number of nitrogen functional groups attached to an aromatic ring is 1. The summed E-state index contributed by atoms with van der Waals surface area (Å²) >= 11 is 2.13. The van der Waals surface area contributed by atoms with Crippen molar-refractivity contribution in [1.29, 1.82) is 0 Å². The van der Waals surface area contributed by atoms with Gasteiger partial charge in [-0.25, -0.2) is 4.98 Å². The highest BCUT2D eigenvalue weighted by Gasteiger charge is 2.13. The number of aromatic nitrogens is 3. The quantitative estimate of drug-likeness (QED) is 0.772. The minimum absolute atomic E-state index is 0.378. The zero-order valence-corrected chi connectivity index (χ0v) is 11.6. The van der Waals surface area contributed by atoms with Crippen molar-refractivity contribution in [2.45, 2.75) is 12.8 Å². The molecule has 3 N–H and O–H groups in total. The third-order valence-electron chi connectivity index (χ3n) is 2.85. The first kappa shape index (κ1) is 11.5. The van der Waals surface area contributed by atoms with Gasteiger partial charge in [0, 0.05) is 24.4 Å². The maximum atomic E-state index is 9.89. The number of aliphatic hydroxyl groups excluding tert-OH is 1. The SMILES string of the molecule is Nc1nc2nc(C3=C(O)CCC=C3)cn2cc1I. The van der Waals surface area contributed by atoms with E-state index in [0.717, 1.165) is 21.3 Å². The van der Waals surface area contributed by atoms with E-state index in [1.165, 1.54) is 0 Å². The Morgan fingerprint density at radius 2 is 2.17 bits per heavy atom. The molecule has 0 saturated heterocycles. The van der Waals surface area contributed by atoms with Crippen LogP contribution in [0.5, 0.6) is 0 Å². The van der Waals surface area contributed by atoms with Crippen molar-refractivity contribution in [2.24, 2.45) is 0 Å². The second-order valence-corrected chi connectivity index (χ2v) is 5.27. The highest BCUT2D eigenvalue weighted by Crippen LogP contribution is 2.25. The van der Waals surface area contributed by atoms with Crippen molar-refractivity contribution >= 4 is 39.8 Å². The number of imidazole rings is 1. The molecule has 0 saturated carbocycles. The molecule has 0 amide bonds. The molecule has 0 aromatic carbocycles. The molecule has 2 aromatic rings. The van der Waals surface area contributed by atoms with E-state index in [0.29, 0.717) is 23.8 Å². The lowest BCUT2D eigenvalue weighted by Gasteiger charge is -2.07. The second-order valence-electron chi connectivity index (χ2n) is 4.11. The Kier molecular flexibility index (Phi) is 2.73. The standard InChI is InChI=1S/C12H11IN4O/c13-8-5-17-6-9(15-12(17)16-11(8)14)7-3-1-2-4-10(7)18/h1,3,5-6,18H,2,4H2,(H2,14,15,16). The van der Waals surface area contributed by atoms with E-state index in [1.54, 1.807) is 0 Å². The summed E-state index contributed by atoms with van der Waals surface area (Å²) in [5, 5.41) is 9.89. The summed E-state index contributed by atoms with van der Waals surface area (Å²) in [4.78, 5) is 8.60. The van der Waals surface area contributed by atoms with Crippen LogP contribution in [0.3, 0.4) is 0 Å². The lowest BCUT2D eigenvalue weighted by atomic mass is 10.0. The number of rotatable bonds is 1. The zero-order valence-electron chi connectivity index (χ0n) is 9.47. The number of anilines is 1. The van der Waals surface area contributed by atoms with Gasteiger partial charge in [0.1, 0.15) is 11.6 Å². The van der Waals surface area contributed by atoms with E-state index in [4.69, 9.17) is 5.73 Å². The molecule has 1 aliphatic carbocycles. The monoisotopic (exact) mass is 354 g/mol. The maximum absolute atomic E-state index is 9.89. The molecule has 0 aliphatic heterocycles. The number of aliphatic hydroxyl groups is 1. The summed E-state index contributed by atoms with van der Waals surface area (Å²) in [6.45, 7) is 0. The van der Waals surface area contributed by atoms with E-state index in [1.807, 2.05) is 28.9 Å². The number of nitrogens with two attached hydrogens (primary N) is 1. The lowest BCUT2D eigenvalue weighted by molar-refractivity contribution is 0.391. The Morgan fingerprint density at radius 3 is 2.94 bits per heavy atom. The predicted octanol–water partition coefficient (Wildman–Crippen LogP) is 2.54. The smallest absolute Gasteiger partial charge is 0.236 e. The van der Waals surface area contributed by atoms with Crippen LogP contribution in [0.25, 0.3) is 11.4 Å². The third-order valence-corrected chi connectivity index (χ3v) is 3.68. The van der Waals surface area contributed by atoms with Gasteiger partial charge in [0.15, 0.2) is 0 Å².